The first-order chi connectivity index (χ1) is 6.66. The van der Waals surface area contributed by atoms with Crippen molar-refractivity contribution >= 4 is 5.91 Å². The van der Waals surface area contributed by atoms with E-state index in [1.807, 2.05) is 0 Å². The van der Waals surface area contributed by atoms with Crippen molar-refractivity contribution in [3.05, 3.63) is 0 Å². The van der Waals surface area contributed by atoms with Crippen molar-refractivity contribution in [2.45, 2.75) is 26.2 Å². The molecule has 0 radical (unpaired) electrons. The minimum atomic E-state index is 0.0558. The fourth-order valence-corrected chi connectivity index (χ4v) is 1.57. The molecule has 4 nitrogen and oxygen atoms in total. The molecule has 1 saturated heterocycles. The first-order valence-electron chi connectivity index (χ1n) is 5.21. The summed E-state index contributed by atoms with van der Waals surface area (Å²) >= 11 is 0. The van der Waals surface area contributed by atoms with E-state index in [-0.39, 0.29) is 11.3 Å². The average Bonchev–Trinajstić information content (AvgIpc) is 2.17. The Morgan fingerprint density at radius 1 is 1.50 bits per heavy atom. The second-order valence-corrected chi connectivity index (χ2v) is 4.24. The smallest absolute Gasteiger partial charge is 0.221 e. The molecule has 1 fully saturated rings. The number of rotatable bonds is 4. The van der Waals surface area contributed by atoms with Crippen molar-refractivity contribution in [3.63, 3.8) is 0 Å². The lowest BCUT2D eigenvalue weighted by atomic mass is 9.82. The van der Waals surface area contributed by atoms with E-state index in [1.54, 1.807) is 0 Å². The fourth-order valence-electron chi connectivity index (χ4n) is 1.57. The highest BCUT2D eigenvalue weighted by molar-refractivity contribution is 5.76. The summed E-state index contributed by atoms with van der Waals surface area (Å²) in [6.45, 7) is 4.98. The van der Waals surface area contributed by atoms with Crippen LogP contribution in [0.2, 0.25) is 0 Å². The van der Waals surface area contributed by atoms with Crippen LogP contribution in [0.3, 0.4) is 0 Å². The van der Waals surface area contributed by atoms with Crippen molar-refractivity contribution in [3.8, 4) is 0 Å². The van der Waals surface area contributed by atoms with Gasteiger partial charge in [0.15, 0.2) is 0 Å². The Labute approximate surface area is 85.2 Å². The van der Waals surface area contributed by atoms with Crippen molar-refractivity contribution in [2.24, 2.45) is 11.1 Å². The molecule has 0 aromatic carbocycles. The van der Waals surface area contributed by atoms with Crippen LogP contribution >= 0.6 is 0 Å². The molecule has 82 valence electrons. The zero-order chi connectivity index (χ0) is 10.4. The maximum absolute atomic E-state index is 11.2. The van der Waals surface area contributed by atoms with E-state index in [0.717, 1.165) is 32.6 Å². The Bertz CT molecular complexity index is 189. The van der Waals surface area contributed by atoms with Gasteiger partial charge in [0.1, 0.15) is 0 Å². The quantitative estimate of drug-likeness (QED) is 0.684. The SMILES string of the molecule is CC1(CNC(=O)CCN)CCOCC1. The highest BCUT2D eigenvalue weighted by atomic mass is 16.5. The maximum atomic E-state index is 11.2. The lowest BCUT2D eigenvalue weighted by Gasteiger charge is -2.33. The molecule has 0 aliphatic carbocycles. The normalized spacial score (nSPS) is 20.4. The standard InChI is InChI=1S/C10H20N2O2/c1-10(3-6-14-7-4-10)8-12-9(13)2-5-11/h2-8,11H2,1H3,(H,12,13). The van der Waals surface area contributed by atoms with Gasteiger partial charge in [-0.05, 0) is 18.3 Å². The number of hydrogen-bond acceptors (Lipinski definition) is 3. The predicted octanol–water partition coefficient (Wildman–Crippen LogP) is 0.268. The van der Waals surface area contributed by atoms with Gasteiger partial charge in [0.2, 0.25) is 5.91 Å². The Morgan fingerprint density at radius 3 is 2.71 bits per heavy atom. The molecule has 0 bridgehead atoms. The second kappa shape index (κ2) is 5.32. The molecule has 14 heavy (non-hydrogen) atoms. The van der Waals surface area contributed by atoms with Crippen LogP contribution in [-0.2, 0) is 9.53 Å². The number of ether oxygens (including phenoxy) is 1. The Hall–Kier alpha value is -0.610. The molecule has 0 atom stereocenters. The van der Waals surface area contributed by atoms with E-state index >= 15 is 0 Å². The van der Waals surface area contributed by atoms with Gasteiger partial charge in [-0.2, -0.15) is 0 Å². The summed E-state index contributed by atoms with van der Waals surface area (Å²) in [6, 6.07) is 0. The van der Waals surface area contributed by atoms with Crippen LogP contribution < -0.4 is 11.1 Å². The van der Waals surface area contributed by atoms with Gasteiger partial charge in [0.25, 0.3) is 0 Å². The third kappa shape index (κ3) is 3.64. The van der Waals surface area contributed by atoms with E-state index in [1.165, 1.54) is 0 Å². The minimum absolute atomic E-state index is 0.0558. The molecule has 4 heteroatoms. The highest BCUT2D eigenvalue weighted by Gasteiger charge is 2.27. The number of carbonyl (C=O) groups is 1. The van der Waals surface area contributed by atoms with Crippen LogP contribution in [0, 0.1) is 5.41 Å². The van der Waals surface area contributed by atoms with Gasteiger partial charge in [-0.25, -0.2) is 0 Å². The molecular weight excluding hydrogens is 180 g/mol. The fraction of sp³-hybridized carbons (Fsp3) is 0.900. The first-order valence-corrected chi connectivity index (χ1v) is 5.21. The van der Waals surface area contributed by atoms with Crippen LogP contribution in [0.1, 0.15) is 26.2 Å². The van der Waals surface area contributed by atoms with Crippen LogP contribution in [0.15, 0.2) is 0 Å². The van der Waals surface area contributed by atoms with Crippen LogP contribution in [0.25, 0.3) is 0 Å². The van der Waals surface area contributed by atoms with E-state index in [4.69, 9.17) is 10.5 Å². The lowest BCUT2D eigenvalue weighted by molar-refractivity contribution is -0.121. The van der Waals surface area contributed by atoms with Crippen molar-refractivity contribution in [2.75, 3.05) is 26.3 Å². The number of nitrogens with one attached hydrogen (secondary N) is 1. The van der Waals surface area contributed by atoms with Gasteiger partial charge in [-0.3, -0.25) is 4.79 Å². The molecule has 3 N–H and O–H groups in total. The Morgan fingerprint density at radius 2 is 2.14 bits per heavy atom. The predicted molar refractivity (Wildman–Crippen MR) is 54.8 cm³/mol. The van der Waals surface area contributed by atoms with E-state index in [2.05, 4.69) is 12.2 Å². The van der Waals surface area contributed by atoms with Gasteiger partial charge in [0.05, 0.1) is 0 Å². The van der Waals surface area contributed by atoms with E-state index in [9.17, 15) is 4.79 Å². The molecule has 0 saturated carbocycles. The topological polar surface area (TPSA) is 64.4 Å². The first kappa shape index (κ1) is 11.5. The summed E-state index contributed by atoms with van der Waals surface area (Å²) in [7, 11) is 0. The van der Waals surface area contributed by atoms with Gasteiger partial charge >= 0.3 is 0 Å². The molecule has 1 aliphatic heterocycles. The summed E-state index contributed by atoms with van der Waals surface area (Å²) in [4.78, 5) is 11.2. The second-order valence-electron chi connectivity index (χ2n) is 4.24. The number of amides is 1. The number of hydrogen-bond donors (Lipinski definition) is 2. The van der Waals surface area contributed by atoms with E-state index < -0.39 is 0 Å². The van der Waals surface area contributed by atoms with Crippen LogP contribution in [0.5, 0.6) is 0 Å². The maximum Gasteiger partial charge on any atom is 0.221 e. The summed E-state index contributed by atoms with van der Waals surface area (Å²) < 4.78 is 5.29. The average molecular weight is 200 g/mol. The Balaban J connectivity index is 2.24. The highest BCUT2D eigenvalue weighted by Crippen LogP contribution is 2.28. The van der Waals surface area contributed by atoms with Crippen molar-refractivity contribution in [1.29, 1.82) is 0 Å². The molecule has 1 amide bonds. The largest absolute Gasteiger partial charge is 0.381 e. The lowest BCUT2D eigenvalue weighted by Crippen LogP contribution is -2.39. The molecule has 0 unspecified atom stereocenters. The van der Waals surface area contributed by atoms with Gasteiger partial charge in [-0.1, -0.05) is 6.92 Å². The van der Waals surface area contributed by atoms with E-state index in [0.29, 0.717) is 13.0 Å². The summed E-state index contributed by atoms with van der Waals surface area (Å²) in [6.07, 6.45) is 2.47. The van der Waals surface area contributed by atoms with Crippen LogP contribution in [0.4, 0.5) is 0 Å². The summed E-state index contributed by atoms with van der Waals surface area (Å²) in [5, 5.41) is 2.92. The molecule has 0 aromatic heterocycles. The summed E-state index contributed by atoms with van der Waals surface area (Å²) in [5.41, 5.74) is 5.50. The minimum Gasteiger partial charge on any atom is -0.381 e. The number of carbonyl (C=O) groups excluding carboxylic acids is 1. The molecule has 0 aromatic rings. The Kier molecular flexibility index (Phi) is 4.35. The number of nitrogens with two attached hydrogens (primary N) is 1. The molecule has 1 heterocycles. The summed E-state index contributed by atoms with van der Waals surface area (Å²) in [5.74, 6) is 0.0558. The third-order valence-electron chi connectivity index (χ3n) is 2.78. The third-order valence-corrected chi connectivity index (χ3v) is 2.78. The molecule has 1 aliphatic rings. The van der Waals surface area contributed by atoms with Gasteiger partial charge in [-0.15, -0.1) is 0 Å². The van der Waals surface area contributed by atoms with Crippen LogP contribution in [-0.4, -0.2) is 32.2 Å². The molecule has 1 rings (SSSR count). The monoisotopic (exact) mass is 200 g/mol. The van der Waals surface area contributed by atoms with Gasteiger partial charge < -0.3 is 15.8 Å². The van der Waals surface area contributed by atoms with Crippen molar-refractivity contribution in [1.82, 2.24) is 5.32 Å². The zero-order valence-corrected chi connectivity index (χ0v) is 8.84. The van der Waals surface area contributed by atoms with Crippen molar-refractivity contribution < 1.29 is 9.53 Å². The van der Waals surface area contributed by atoms with Gasteiger partial charge in [0, 0.05) is 32.7 Å². The zero-order valence-electron chi connectivity index (χ0n) is 8.84. The molecule has 0 spiro atoms. The molecular formula is C10H20N2O2.